The molecule has 1 aromatic rings. The van der Waals surface area contributed by atoms with Crippen LogP contribution in [0.15, 0.2) is 0 Å². The van der Waals surface area contributed by atoms with Crippen molar-refractivity contribution < 1.29 is 19.0 Å². The summed E-state index contributed by atoms with van der Waals surface area (Å²) in [6.45, 7) is 11.5. The lowest BCUT2D eigenvalue weighted by atomic mass is 9.81. The molecule has 1 atom stereocenters. The molecule has 2 saturated carbocycles. The fraction of sp³-hybridized carbons (Fsp3) is 0.652. The quantitative estimate of drug-likeness (QED) is 0.497. The van der Waals surface area contributed by atoms with E-state index in [-0.39, 0.29) is 5.92 Å². The maximum absolute atomic E-state index is 12.7. The molecule has 4 rings (SSSR count). The summed E-state index contributed by atoms with van der Waals surface area (Å²) >= 11 is 6.80. The Balaban J connectivity index is 1.73. The van der Waals surface area contributed by atoms with Crippen molar-refractivity contribution >= 4 is 17.6 Å². The van der Waals surface area contributed by atoms with E-state index in [4.69, 9.17) is 32.4 Å². The van der Waals surface area contributed by atoms with Crippen molar-refractivity contribution in [1.82, 2.24) is 4.90 Å². The number of carbonyl (C=O) groups excluding carboxylic acids is 1. The van der Waals surface area contributed by atoms with Crippen LogP contribution in [0.2, 0.25) is 5.02 Å². The molecule has 2 fully saturated rings. The number of hydrogen-bond acceptors (Lipinski definition) is 5. The zero-order valence-electron chi connectivity index (χ0n) is 18.3. The van der Waals surface area contributed by atoms with Gasteiger partial charge in [0.2, 0.25) is 0 Å². The van der Waals surface area contributed by atoms with E-state index >= 15 is 0 Å². The van der Waals surface area contributed by atoms with Crippen LogP contribution in [0, 0.1) is 19.4 Å². The normalized spacial score (nSPS) is 28.9. The van der Waals surface area contributed by atoms with Crippen molar-refractivity contribution in [3.8, 4) is 11.5 Å². The first-order valence-corrected chi connectivity index (χ1v) is 10.9. The second kappa shape index (κ2) is 7.32. The first-order chi connectivity index (χ1) is 14.2. The molecular formula is C23H29ClN2O4. The summed E-state index contributed by atoms with van der Waals surface area (Å²) in [6, 6.07) is 0.574. The number of carbonyl (C=O) groups is 1. The number of ether oxygens (including phenoxy) is 3. The molecule has 2 aliphatic carbocycles. The molecule has 1 aliphatic heterocycles. The zero-order valence-corrected chi connectivity index (χ0v) is 19.1. The van der Waals surface area contributed by atoms with Crippen molar-refractivity contribution in [1.29, 1.82) is 0 Å². The van der Waals surface area contributed by atoms with Crippen LogP contribution in [0.25, 0.3) is 4.85 Å². The summed E-state index contributed by atoms with van der Waals surface area (Å²) in [5, 5.41) is 0.315. The van der Waals surface area contributed by atoms with Crippen LogP contribution >= 0.6 is 11.6 Å². The van der Waals surface area contributed by atoms with Gasteiger partial charge in [0.25, 0.3) is 11.3 Å². The highest BCUT2D eigenvalue weighted by Crippen LogP contribution is 2.60. The van der Waals surface area contributed by atoms with E-state index in [1.807, 2.05) is 13.8 Å². The molecule has 1 aromatic carbocycles. The summed E-state index contributed by atoms with van der Waals surface area (Å²) < 4.78 is 17.8. The number of benzene rings is 1. The van der Waals surface area contributed by atoms with Crippen LogP contribution in [-0.2, 0) is 10.3 Å². The number of esters is 1. The zero-order chi connectivity index (χ0) is 21.8. The second-order valence-corrected chi connectivity index (χ2v) is 9.55. The van der Waals surface area contributed by atoms with Gasteiger partial charge in [-0.25, -0.2) is 11.4 Å². The number of hydrogen-bond donors (Lipinski definition) is 0. The molecule has 0 N–H and O–H groups in total. The predicted octanol–water partition coefficient (Wildman–Crippen LogP) is 4.95. The molecule has 0 spiro atoms. The number of nitrogens with zero attached hydrogens (tertiary/aromatic N) is 2. The minimum Gasteiger partial charge on any atom is -0.465 e. The molecule has 0 radical (unpaired) electrons. The lowest BCUT2D eigenvalue weighted by Crippen LogP contribution is -2.46. The average Bonchev–Trinajstić information content (AvgIpc) is 3.44. The van der Waals surface area contributed by atoms with Crippen molar-refractivity contribution in [2.24, 2.45) is 5.92 Å². The van der Waals surface area contributed by atoms with E-state index in [0.29, 0.717) is 52.1 Å². The van der Waals surface area contributed by atoms with Crippen molar-refractivity contribution in [2.45, 2.75) is 69.7 Å². The Morgan fingerprint density at radius 2 is 1.80 bits per heavy atom. The van der Waals surface area contributed by atoms with Crippen molar-refractivity contribution in [3.05, 3.63) is 33.1 Å². The largest absolute Gasteiger partial charge is 0.465 e. The standard InChI is InChI=1S/C23H29ClN2O4/c1-13-16(21(27)28-6)17(23(25-3)11-12-23)18(24)20-19(13)29-22(2,30-20)14-7-9-15(10-8-14)26(4)5/h14-15H,7-12H2,1-2,4-6H3. The van der Waals surface area contributed by atoms with E-state index in [9.17, 15) is 4.79 Å². The molecular weight excluding hydrogens is 404 g/mol. The highest BCUT2D eigenvalue weighted by molar-refractivity contribution is 6.34. The third-order valence-corrected chi connectivity index (χ3v) is 7.52. The highest BCUT2D eigenvalue weighted by Gasteiger charge is 2.58. The monoisotopic (exact) mass is 432 g/mol. The second-order valence-electron chi connectivity index (χ2n) is 9.17. The Kier molecular flexibility index (Phi) is 5.19. The van der Waals surface area contributed by atoms with Crippen LogP contribution in [0.3, 0.4) is 0 Å². The third kappa shape index (κ3) is 3.14. The van der Waals surface area contributed by atoms with Crippen LogP contribution in [0.4, 0.5) is 0 Å². The maximum Gasteiger partial charge on any atom is 0.338 e. The lowest BCUT2D eigenvalue weighted by molar-refractivity contribution is -0.123. The van der Waals surface area contributed by atoms with Gasteiger partial charge >= 0.3 is 5.97 Å². The first kappa shape index (κ1) is 21.3. The topological polar surface area (TPSA) is 52.4 Å². The van der Waals surface area contributed by atoms with Gasteiger partial charge in [-0.15, -0.1) is 0 Å². The minimum absolute atomic E-state index is 0.220. The third-order valence-electron chi connectivity index (χ3n) is 7.16. The number of fused-ring (bicyclic) bond motifs is 1. The van der Waals surface area contributed by atoms with Gasteiger partial charge in [0.1, 0.15) is 0 Å². The molecule has 7 heteroatoms. The molecule has 30 heavy (non-hydrogen) atoms. The number of halogens is 1. The summed E-state index contributed by atoms with van der Waals surface area (Å²) in [6.07, 6.45) is 5.50. The summed E-state index contributed by atoms with van der Waals surface area (Å²) in [5.74, 6) is -0.149. The Morgan fingerprint density at radius 1 is 1.20 bits per heavy atom. The van der Waals surface area contributed by atoms with Crippen molar-refractivity contribution in [2.75, 3.05) is 21.2 Å². The molecule has 0 saturated heterocycles. The summed E-state index contributed by atoms with van der Waals surface area (Å²) in [5.41, 5.74) is 0.745. The van der Waals surface area contributed by atoms with Crippen LogP contribution in [0.5, 0.6) is 11.5 Å². The fourth-order valence-corrected chi connectivity index (χ4v) is 5.44. The Hall–Kier alpha value is -1.97. The number of methoxy groups -OCH3 is 1. The molecule has 162 valence electrons. The van der Waals surface area contributed by atoms with Crippen LogP contribution in [0.1, 0.15) is 66.9 Å². The first-order valence-electron chi connectivity index (χ1n) is 10.6. The molecule has 0 amide bonds. The Morgan fingerprint density at radius 3 is 2.30 bits per heavy atom. The average molecular weight is 433 g/mol. The van der Waals surface area contributed by atoms with Crippen LogP contribution < -0.4 is 9.47 Å². The molecule has 0 aromatic heterocycles. The van der Waals surface area contributed by atoms with Crippen molar-refractivity contribution in [3.63, 3.8) is 0 Å². The highest BCUT2D eigenvalue weighted by atomic mass is 35.5. The van der Waals surface area contributed by atoms with Crippen LogP contribution in [-0.4, -0.2) is 43.9 Å². The summed E-state index contributed by atoms with van der Waals surface area (Å²) in [4.78, 5) is 18.8. The lowest BCUT2D eigenvalue weighted by Gasteiger charge is -2.39. The molecule has 1 unspecified atom stereocenters. The van der Waals surface area contributed by atoms with Gasteiger partial charge in [-0.3, -0.25) is 0 Å². The fourth-order valence-electron chi connectivity index (χ4n) is 5.05. The van der Waals surface area contributed by atoms with Gasteiger partial charge in [-0.1, -0.05) is 11.6 Å². The Bertz CT molecular complexity index is 926. The van der Waals surface area contributed by atoms with Gasteiger partial charge in [0.05, 0.1) is 23.3 Å². The predicted molar refractivity (Wildman–Crippen MR) is 114 cm³/mol. The summed E-state index contributed by atoms with van der Waals surface area (Å²) in [7, 11) is 5.58. The number of rotatable bonds is 4. The SMILES string of the molecule is [C-]#[N+]C1(c2c(Cl)c3c(c(C)c2C(=O)OC)OC(C)(C2CCC(N(C)C)CC2)O3)CC1. The van der Waals surface area contributed by atoms with Gasteiger partial charge in [-0.05, 0) is 46.7 Å². The van der Waals surface area contributed by atoms with Gasteiger partial charge in [0.15, 0.2) is 11.5 Å². The van der Waals surface area contributed by atoms with E-state index in [2.05, 4.69) is 23.8 Å². The smallest absolute Gasteiger partial charge is 0.338 e. The van der Waals surface area contributed by atoms with E-state index in [0.717, 1.165) is 25.7 Å². The van der Waals surface area contributed by atoms with Gasteiger partial charge in [0, 0.05) is 37.3 Å². The molecule has 0 bridgehead atoms. The molecule has 6 nitrogen and oxygen atoms in total. The van der Waals surface area contributed by atoms with E-state index in [1.54, 1.807) is 0 Å². The van der Waals surface area contributed by atoms with Gasteiger partial charge in [-0.2, -0.15) is 0 Å². The van der Waals surface area contributed by atoms with E-state index < -0.39 is 17.3 Å². The van der Waals surface area contributed by atoms with Gasteiger partial charge < -0.3 is 24.0 Å². The minimum atomic E-state index is -0.838. The Labute approximate surface area is 183 Å². The molecule has 3 aliphatic rings. The van der Waals surface area contributed by atoms with E-state index in [1.165, 1.54) is 7.11 Å². The maximum atomic E-state index is 12.7. The molecule has 1 heterocycles.